The number of hydrogen-bond donors (Lipinski definition) is 0. The number of fused-ring (bicyclic) bond motifs is 1. The van der Waals surface area contributed by atoms with Crippen molar-refractivity contribution in [1.29, 1.82) is 0 Å². The van der Waals surface area contributed by atoms with Crippen LogP contribution >= 0.6 is 22.9 Å². The topological polar surface area (TPSA) is 76.8 Å². The maximum Gasteiger partial charge on any atom is 0.336 e. The van der Waals surface area contributed by atoms with Crippen molar-refractivity contribution >= 4 is 45.8 Å². The number of benzene rings is 1. The van der Waals surface area contributed by atoms with Crippen molar-refractivity contribution in [2.45, 2.75) is 26.4 Å². The fourth-order valence-corrected chi connectivity index (χ4v) is 4.46. The molecule has 1 amide bonds. The molecular formula is C22H20ClNO5S. The molecule has 0 atom stereocenters. The van der Waals surface area contributed by atoms with Crippen molar-refractivity contribution in [1.82, 2.24) is 4.90 Å². The van der Waals surface area contributed by atoms with E-state index in [0.717, 1.165) is 5.56 Å². The minimum Gasteiger partial charge on any atom is -0.461 e. The molecule has 1 aliphatic rings. The third kappa shape index (κ3) is 4.27. The molecule has 156 valence electrons. The number of rotatable bonds is 4. The molecule has 0 spiro atoms. The number of carbonyl (C=O) groups excluding carboxylic acids is 2. The summed E-state index contributed by atoms with van der Waals surface area (Å²) in [4.78, 5) is 39.3. The van der Waals surface area contributed by atoms with Gasteiger partial charge in [0.25, 0.3) is 5.91 Å². The Morgan fingerprint density at radius 3 is 2.73 bits per heavy atom. The molecule has 1 saturated heterocycles. The van der Waals surface area contributed by atoms with E-state index in [-0.39, 0.29) is 24.4 Å². The van der Waals surface area contributed by atoms with Gasteiger partial charge in [-0.05, 0) is 48.9 Å². The van der Waals surface area contributed by atoms with Crippen molar-refractivity contribution in [3.63, 3.8) is 0 Å². The highest BCUT2D eigenvalue weighted by Gasteiger charge is 2.29. The lowest BCUT2D eigenvalue weighted by Gasteiger charge is -2.30. The zero-order valence-corrected chi connectivity index (χ0v) is 17.9. The molecule has 0 unspecified atom stereocenters. The van der Waals surface area contributed by atoms with Crippen LogP contribution in [0.1, 0.15) is 33.6 Å². The Labute approximate surface area is 182 Å². The van der Waals surface area contributed by atoms with Crippen molar-refractivity contribution in [3.05, 3.63) is 67.2 Å². The van der Waals surface area contributed by atoms with Crippen LogP contribution in [0.5, 0.6) is 0 Å². The van der Waals surface area contributed by atoms with Gasteiger partial charge >= 0.3 is 11.6 Å². The molecule has 1 aromatic carbocycles. The number of aryl methyl sites for hydroxylation is 1. The summed E-state index contributed by atoms with van der Waals surface area (Å²) in [5, 5.41) is 3.07. The summed E-state index contributed by atoms with van der Waals surface area (Å²) in [6.07, 6.45) is 1.11. The number of likely N-dealkylation sites (tertiary alicyclic amines) is 1. The highest BCUT2D eigenvalue weighted by molar-refractivity contribution is 7.12. The van der Waals surface area contributed by atoms with E-state index in [2.05, 4.69) is 0 Å². The molecule has 0 bridgehead atoms. The molecule has 1 aliphatic heterocycles. The lowest BCUT2D eigenvalue weighted by Crippen LogP contribution is -2.40. The van der Waals surface area contributed by atoms with Gasteiger partial charge in [0, 0.05) is 35.1 Å². The summed E-state index contributed by atoms with van der Waals surface area (Å²) in [5.41, 5.74) is 1.26. The monoisotopic (exact) mass is 445 g/mol. The van der Waals surface area contributed by atoms with E-state index >= 15 is 0 Å². The first-order chi connectivity index (χ1) is 14.4. The van der Waals surface area contributed by atoms with Crippen LogP contribution in [0, 0.1) is 12.8 Å². The van der Waals surface area contributed by atoms with E-state index in [4.69, 9.17) is 20.8 Å². The fourth-order valence-electron chi connectivity index (χ4n) is 3.61. The van der Waals surface area contributed by atoms with Crippen LogP contribution in [0.3, 0.4) is 0 Å². The molecule has 0 aliphatic carbocycles. The van der Waals surface area contributed by atoms with E-state index in [0.29, 0.717) is 52.4 Å². The van der Waals surface area contributed by atoms with Gasteiger partial charge in [-0.25, -0.2) is 4.79 Å². The van der Waals surface area contributed by atoms with Gasteiger partial charge in [-0.2, -0.15) is 0 Å². The quantitative estimate of drug-likeness (QED) is 0.439. The van der Waals surface area contributed by atoms with Crippen LogP contribution in [-0.2, 0) is 16.1 Å². The van der Waals surface area contributed by atoms with E-state index in [1.807, 2.05) is 24.4 Å². The Kier molecular flexibility index (Phi) is 5.92. The predicted octanol–water partition coefficient (Wildman–Crippen LogP) is 4.41. The third-order valence-electron chi connectivity index (χ3n) is 5.33. The zero-order valence-electron chi connectivity index (χ0n) is 16.4. The second-order valence-electron chi connectivity index (χ2n) is 7.34. The van der Waals surface area contributed by atoms with Gasteiger partial charge in [0.1, 0.15) is 12.2 Å². The van der Waals surface area contributed by atoms with Gasteiger partial charge in [0.05, 0.1) is 10.8 Å². The number of halogens is 1. The van der Waals surface area contributed by atoms with Crippen molar-refractivity contribution < 1.29 is 18.7 Å². The lowest BCUT2D eigenvalue weighted by molar-refractivity contribution is -0.151. The van der Waals surface area contributed by atoms with Crippen LogP contribution in [0.25, 0.3) is 11.0 Å². The first-order valence-corrected chi connectivity index (χ1v) is 10.9. The fraction of sp³-hybridized carbons (Fsp3) is 0.318. The largest absolute Gasteiger partial charge is 0.461 e. The molecule has 3 heterocycles. The molecule has 4 rings (SSSR count). The Balaban J connectivity index is 1.39. The Morgan fingerprint density at radius 2 is 2.03 bits per heavy atom. The van der Waals surface area contributed by atoms with E-state index < -0.39 is 5.63 Å². The summed E-state index contributed by atoms with van der Waals surface area (Å²) in [7, 11) is 0. The zero-order chi connectivity index (χ0) is 21.3. The molecule has 1 fully saturated rings. The summed E-state index contributed by atoms with van der Waals surface area (Å²) >= 11 is 7.62. The number of hydrogen-bond acceptors (Lipinski definition) is 6. The van der Waals surface area contributed by atoms with E-state index in [9.17, 15) is 14.4 Å². The molecule has 3 aromatic rings. The Morgan fingerprint density at radius 1 is 1.27 bits per heavy atom. The number of thiophene rings is 1. The van der Waals surface area contributed by atoms with Crippen molar-refractivity contribution in [2.75, 3.05) is 13.1 Å². The SMILES string of the molecule is Cc1cc2oc(=O)cc(COC(=O)C3CCN(C(=O)c4cccs4)CC3)c2cc1Cl. The molecule has 0 N–H and O–H groups in total. The smallest absolute Gasteiger partial charge is 0.336 e. The van der Waals surface area contributed by atoms with E-state index in [1.54, 1.807) is 17.0 Å². The lowest BCUT2D eigenvalue weighted by atomic mass is 9.97. The molecule has 0 saturated carbocycles. The molecule has 8 heteroatoms. The first-order valence-electron chi connectivity index (χ1n) is 9.64. The Hall–Kier alpha value is -2.64. The van der Waals surface area contributed by atoms with Crippen molar-refractivity contribution in [3.8, 4) is 0 Å². The van der Waals surface area contributed by atoms with Gasteiger partial charge in [0.2, 0.25) is 0 Å². The predicted molar refractivity (Wildman–Crippen MR) is 115 cm³/mol. The standard InChI is InChI=1S/C22H20ClNO5S/c1-13-9-18-16(11-17(13)23)15(10-20(25)29-18)12-28-22(27)14-4-6-24(7-5-14)21(26)19-3-2-8-30-19/h2-3,8-11,14H,4-7,12H2,1H3. The summed E-state index contributed by atoms with van der Waals surface area (Å²) in [6.45, 7) is 2.82. The second-order valence-corrected chi connectivity index (χ2v) is 8.69. The first kappa shape index (κ1) is 20.6. The maximum absolute atomic E-state index is 12.6. The third-order valence-corrected chi connectivity index (χ3v) is 6.59. The Bertz CT molecular complexity index is 1150. The summed E-state index contributed by atoms with van der Waals surface area (Å²) in [5.74, 6) is -0.584. The van der Waals surface area contributed by atoms with Gasteiger partial charge in [-0.3, -0.25) is 9.59 Å². The normalized spacial score (nSPS) is 14.8. The summed E-state index contributed by atoms with van der Waals surface area (Å²) in [6, 6.07) is 8.40. The van der Waals surface area contributed by atoms with Gasteiger partial charge in [-0.15, -0.1) is 11.3 Å². The number of esters is 1. The number of amides is 1. The maximum atomic E-state index is 12.6. The minimum absolute atomic E-state index is 0.00599. The summed E-state index contributed by atoms with van der Waals surface area (Å²) < 4.78 is 10.7. The molecule has 6 nitrogen and oxygen atoms in total. The molecule has 30 heavy (non-hydrogen) atoms. The van der Waals surface area contributed by atoms with Crippen LogP contribution < -0.4 is 5.63 Å². The average Bonchev–Trinajstić information content (AvgIpc) is 3.27. The minimum atomic E-state index is -0.504. The molecule has 0 radical (unpaired) electrons. The second kappa shape index (κ2) is 8.62. The van der Waals surface area contributed by atoms with Gasteiger partial charge < -0.3 is 14.1 Å². The highest BCUT2D eigenvalue weighted by Crippen LogP contribution is 2.27. The van der Waals surface area contributed by atoms with Crippen LogP contribution in [0.4, 0.5) is 0 Å². The number of carbonyl (C=O) groups is 2. The number of nitrogens with zero attached hydrogens (tertiary/aromatic N) is 1. The molecule has 2 aromatic heterocycles. The van der Waals surface area contributed by atoms with Crippen molar-refractivity contribution in [2.24, 2.45) is 5.92 Å². The number of piperidine rings is 1. The number of ether oxygens (including phenoxy) is 1. The van der Waals surface area contributed by atoms with E-state index in [1.165, 1.54) is 17.4 Å². The van der Waals surface area contributed by atoms with Crippen LogP contribution in [0.2, 0.25) is 5.02 Å². The van der Waals surface area contributed by atoms with Gasteiger partial charge in [-0.1, -0.05) is 17.7 Å². The molecular weight excluding hydrogens is 426 g/mol. The van der Waals surface area contributed by atoms with Gasteiger partial charge in [0.15, 0.2) is 0 Å². The van der Waals surface area contributed by atoms with Crippen LogP contribution in [0.15, 0.2) is 44.9 Å². The average molecular weight is 446 g/mol. The van der Waals surface area contributed by atoms with Crippen LogP contribution in [-0.4, -0.2) is 29.9 Å². The highest BCUT2D eigenvalue weighted by atomic mass is 35.5.